The molecule has 0 aliphatic heterocycles. The van der Waals surface area contributed by atoms with Crippen LogP contribution in [0.15, 0.2) is 127 Å². The topological polar surface area (TPSA) is 19.4 Å². The van der Waals surface area contributed by atoms with Crippen molar-refractivity contribution in [3.05, 3.63) is 138 Å². The van der Waals surface area contributed by atoms with Crippen LogP contribution in [0, 0.1) is 0 Å². The average Bonchev–Trinajstić information content (AvgIpc) is 3.10. The van der Waals surface area contributed by atoms with Gasteiger partial charge in [-0.2, -0.15) is 0 Å². The fourth-order valence-corrected chi connectivity index (χ4v) is 7.40. The van der Waals surface area contributed by atoms with Crippen LogP contribution in [-0.2, 0) is 0 Å². The molecular weight excluding hydrogens is 558 g/mol. The Bertz CT molecular complexity index is 2580. The Morgan fingerprint density at radius 1 is 0.457 bits per heavy atom. The average molecular weight is 592 g/mol. The van der Waals surface area contributed by atoms with E-state index in [1.807, 2.05) is 0 Å². The van der Waals surface area contributed by atoms with E-state index < -0.39 is 0 Å². The van der Waals surface area contributed by atoms with Crippen molar-refractivity contribution >= 4 is 89.0 Å². The second-order valence-corrected chi connectivity index (χ2v) is 12.5. The van der Waals surface area contributed by atoms with Crippen LogP contribution < -0.4 is 20.2 Å². The number of hydrogen-bond donors (Lipinski definition) is 0. The minimum absolute atomic E-state index is 0.992. The highest BCUT2D eigenvalue weighted by molar-refractivity contribution is 6.12. The molecule has 0 bridgehead atoms. The second kappa shape index (κ2) is 10.5. The first-order valence-corrected chi connectivity index (χ1v) is 16.1. The summed E-state index contributed by atoms with van der Waals surface area (Å²) in [4.78, 5) is 9.92. The third-order valence-corrected chi connectivity index (χ3v) is 9.74. The Labute approximate surface area is 267 Å². The van der Waals surface area contributed by atoms with E-state index in [0.29, 0.717) is 0 Å². The summed E-state index contributed by atoms with van der Waals surface area (Å²) in [6.07, 6.45) is 6.94. The maximum Gasteiger partial charge on any atom is 0.0730 e. The zero-order valence-corrected chi connectivity index (χ0v) is 26.0. The molecule has 1 aromatic heterocycles. The lowest BCUT2D eigenvalue weighted by molar-refractivity contribution is 1.11. The normalized spacial score (nSPS) is 12.7. The van der Waals surface area contributed by atoms with Crippen molar-refractivity contribution in [1.29, 1.82) is 0 Å². The van der Waals surface area contributed by atoms with Crippen LogP contribution >= 0.6 is 0 Å². The van der Waals surface area contributed by atoms with E-state index >= 15 is 0 Å². The summed E-state index contributed by atoms with van der Waals surface area (Å²) in [5.74, 6) is 0. The van der Waals surface area contributed by atoms with Gasteiger partial charge in [-0.3, -0.25) is 0 Å². The summed E-state index contributed by atoms with van der Waals surface area (Å²) < 4.78 is 0. The molecule has 0 fully saturated rings. The van der Waals surface area contributed by atoms with Crippen LogP contribution in [0.25, 0.3) is 66.3 Å². The number of fused-ring (bicyclic) bond motifs is 6. The van der Waals surface area contributed by atoms with E-state index in [9.17, 15) is 0 Å². The van der Waals surface area contributed by atoms with Gasteiger partial charge in [0.2, 0.25) is 0 Å². The highest BCUT2D eigenvalue weighted by Crippen LogP contribution is 2.39. The van der Waals surface area contributed by atoms with Crippen molar-refractivity contribution < 1.29 is 0 Å². The van der Waals surface area contributed by atoms with Crippen molar-refractivity contribution in [1.82, 2.24) is 4.98 Å². The van der Waals surface area contributed by atoms with Gasteiger partial charge in [-0.1, -0.05) is 97.1 Å². The lowest BCUT2D eigenvalue weighted by Gasteiger charge is -2.24. The lowest BCUT2D eigenvalue weighted by Crippen LogP contribution is -2.32. The van der Waals surface area contributed by atoms with E-state index in [1.54, 1.807) is 0 Å². The van der Waals surface area contributed by atoms with Gasteiger partial charge in [0.25, 0.3) is 0 Å². The van der Waals surface area contributed by atoms with Gasteiger partial charge in [0.1, 0.15) is 0 Å². The van der Waals surface area contributed by atoms with E-state index in [0.717, 1.165) is 46.0 Å². The highest BCUT2D eigenvalue weighted by atomic mass is 15.1. The molecule has 3 heteroatoms. The van der Waals surface area contributed by atoms with Crippen LogP contribution in [0.3, 0.4) is 0 Å². The molecule has 7 aromatic carbocycles. The first-order chi connectivity index (χ1) is 22.6. The molecule has 0 radical (unpaired) electrons. The van der Waals surface area contributed by atoms with Gasteiger partial charge >= 0.3 is 0 Å². The molecule has 3 nitrogen and oxygen atoms in total. The number of pyridine rings is 1. The molecule has 0 saturated carbocycles. The summed E-state index contributed by atoms with van der Waals surface area (Å²) in [6.45, 7) is 0. The molecule has 0 atom stereocenters. The van der Waals surface area contributed by atoms with Crippen molar-refractivity contribution in [3.63, 3.8) is 0 Å². The lowest BCUT2D eigenvalue weighted by atomic mass is 9.99. The summed E-state index contributed by atoms with van der Waals surface area (Å²) in [5, 5.41) is 12.5. The van der Waals surface area contributed by atoms with Gasteiger partial charge < -0.3 is 9.80 Å². The molecule has 0 saturated heterocycles. The second-order valence-electron chi connectivity index (χ2n) is 12.5. The number of hydrogen-bond acceptors (Lipinski definition) is 3. The van der Waals surface area contributed by atoms with Gasteiger partial charge in [0.15, 0.2) is 0 Å². The molecular formula is C43H33N3. The predicted octanol–water partition coefficient (Wildman–Crippen LogP) is 9.74. The van der Waals surface area contributed by atoms with Gasteiger partial charge in [0, 0.05) is 57.6 Å². The quantitative estimate of drug-likeness (QED) is 0.190. The molecule has 46 heavy (non-hydrogen) atoms. The minimum atomic E-state index is 0.992. The van der Waals surface area contributed by atoms with Gasteiger partial charge in [0.05, 0.1) is 22.4 Å². The van der Waals surface area contributed by atoms with Crippen LogP contribution in [0.4, 0.5) is 22.7 Å². The molecule has 0 amide bonds. The molecule has 1 aliphatic carbocycles. The fraction of sp³-hybridized carbons (Fsp3) is 0.0930. The van der Waals surface area contributed by atoms with Crippen LogP contribution in [0.1, 0.15) is 12.8 Å². The largest absolute Gasteiger partial charge is 0.344 e. The zero-order chi connectivity index (χ0) is 30.8. The standard InChI is InChI=1S/C43H33N3/c1-45(42-36-15-7-3-11-28(36)23-29-12-4-8-16-37(29)42)34-21-19-32-25-33-20-22-35(27-41(33)44-40(32)26-34)46(2)43-38-17-9-5-13-30(38)24-31-14-6-10-18-39(31)43/h3-5,7-9,11-27H,6,10H2,1-2H3. The van der Waals surface area contributed by atoms with E-state index in [4.69, 9.17) is 4.98 Å². The fourth-order valence-electron chi connectivity index (χ4n) is 7.40. The van der Waals surface area contributed by atoms with E-state index in [2.05, 4.69) is 163 Å². The number of benzene rings is 7. The first-order valence-electron chi connectivity index (χ1n) is 16.1. The Balaban J connectivity index is 1.17. The maximum absolute atomic E-state index is 5.26. The van der Waals surface area contributed by atoms with Gasteiger partial charge in [-0.05, 0) is 76.7 Å². The Morgan fingerprint density at radius 2 is 0.935 bits per heavy atom. The Kier molecular flexibility index (Phi) is 6.07. The van der Waals surface area contributed by atoms with Crippen LogP contribution in [-0.4, -0.2) is 19.1 Å². The van der Waals surface area contributed by atoms with Crippen LogP contribution in [0.2, 0.25) is 0 Å². The molecule has 1 aliphatic rings. The predicted molar refractivity (Wildman–Crippen MR) is 198 cm³/mol. The molecule has 9 rings (SSSR count). The van der Waals surface area contributed by atoms with Crippen molar-refractivity contribution in [2.24, 2.45) is 0 Å². The number of aromatic nitrogens is 1. The molecule has 220 valence electrons. The summed E-state index contributed by atoms with van der Waals surface area (Å²) in [5.41, 5.74) is 6.71. The summed E-state index contributed by atoms with van der Waals surface area (Å²) in [7, 11) is 4.36. The van der Waals surface area contributed by atoms with Crippen molar-refractivity contribution in [3.8, 4) is 0 Å². The summed E-state index contributed by atoms with van der Waals surface area (Å²) in [6, 6.07) is 46.3. The zero-order valence-electron chi connectivity index (χ0n) is 26.0. The Hall–Kier alpha value is -5.67. The first kappa shape index (κ1) is 26.7. The van der Waals surface area contributed by atoms with Gasteiger partial charge in [-0.25, -0.2) is 4.98 Å². The van der Waals surface area contributed by atoms with Gasteiger partial charge in [-0.15, -0.1) is 0 Å². The highest BCUT2D eigenvalue weighted by Gasteiger charge is 2.16. The Morgan fingerprint density at radius 3 is 1.54 bits per heavy atom. The molecule has 0 unspecified atom stereocenters. The third kappa shape index (κ3) is 4.23. The molecule has 0 spiro atoms. The summed E-state index contributed by atoms with van der Waals surface area (Å²) >= 11 is 0. The SMILES string of the molecule is CN(c1ccc2cc3ccc(N(C)c4c5ccccc5cc5ccccc45)cc3nc2c1)c1c2c(cc3ccccc13)=CCCC=2. The monoisotopic (exact) mass is 591 g/mol. The van der Waals surface area contributed by atoms with Crippen LogP contribution in [0.5, 0.6) is 0 Å². The third-order valence-electron chi connectivity index (χ3n) is 9.74. The maximum atomic E-state index is 5.26. The minimum Gasteiger partial charge on any atom is -0.344 e. The molecule has 0 N–H and O–H groups in total. The van der Waals surface area contributed by atoms with E-state index in [1.165, 1.54) is 54.1 Å². The van der Waals surface area contributed by atoms with Crippen molar-refractivity contribution in [2.45, 2.75) is 12.8 Å². The smallest absolute Gasteiger partial charge is 0.0730 e. The molecule has 8 aromatic rings. The molecule has 1 heterocycles. The van der Waals surface area contributed by atoms with Crippen molar-refractivity contribution in [2.75, 3.05) is 23.9 Å². The number of rotatable bonds is 4. The number of anilines is 4. The number of nitrogens with zero attached hydrogens (tertiary/aromatic N) is 3. The van der Waals surface area contributed by atoms with E-state index in [-0.39, 0.29) is 0 Å².